The van der Waals surface area contributed by atoms with Crippen LogP contribution in [0.1, 0.15) is 34.5 Å². The first-order valence-corrected chi connectivity index (χ1v) is 8.82. The van der Waals surface area contributed by atoms with Crippen LogP contribution < -0.4 is 10.2 Å². The number of benzene rings is 2. The Kier molecular flexibility index (Phi) is 6.71. The van der Waals surface area contributed by atoms with Crippen LogP contribution >= 0.6 is 11.6 Å². The molecule has 2 aromatic carbocycles. The van der Waals surface area contributed by atoms with Gasteiger partial charge in [-0.25, -0.2) is 0 Å². The fourth-order valence-corrected chi connectivity index (χ4v) is 2.99. The first-order valence-electron chi connectivity index (χ1n) is 8.44. The molecule has 1 atom stereocenters. The number of halogens is 1. The molecule has 0 heterocycles. The second-order valence-corrected chi connectivity index (χ2v) is 6.76. The van der Waals surface area contributed by atoms with Gasteiger partial charge in [-0.1, -0.05) is 42.8 Å². The van der Waals surface area contributed by atoms with Crippen molar-refractivity contribution in [2.75, 3.05) is 20.6 Å². The minimum Gasteiger partial charge on any atom is -0.346 e. The number of non-ortho nitro benzene ring substituents is 1. The Balaban J connectivity index is 2.11. The zero-order valence-electron chi connectivity index (χ0n) is 15.1. The van der Waals surface area contributed by atoms with Crippen molar-refractivity contribution >= 4 is 23.2 Å². The molecule has 0 aliphatic carbocycles. The Labute approximate surface area is 157 Å². The molecule has 0 spiro atoms. The van der Waals surface area contributed by atoms with E-state index in [0.29, 0.717) is 6.54 Å². The number of aryl methyl sites for hydroxylation is 1. The van der Waals surface area contributed by atoms with Gasteiger partial charge in [-0.15, -0.1) is 0 Å². The molecule has 138 valence electrons. The molecular formula is C19H23ClN3O3+. The number of amides is 1. The van der Waals surface area contributed by atoms with E-state index < -0.39 is 4.92 Å². The summed E-state index contributed by atoms with van der Waals surface area (Å²) in [4.78, 5) is 23.8. The molecule has 0 saturated carbocycles. The van der Waals surface area contributed by atoms with Gasteiger partial charge in [-0.3, -0.25) is 14.9 Å². The van der Waals surface area contributed by atoms with Crippen LogP contribution in [0.4, 0.5) is 5.69 Å². The largest absolute Gasteiger partial charge is 0.346 e. The molecule has 2 rings (SSSR count). The summed E-state index contributed by atoms with van der Waals surface area (Å²) in [5.41, 5.74) is 2.49. The topological polar surface area (TPSA) is 76.7 Å². The van der Waals surface area contributed by atoms with Crippen LogP contribution in [0, 0.1) is 10.1 Å². The van der Waals surface area contributed by atoms with E-state index in [0.717, 1.165) is 12.0 Å². The van der Waals surface area contributed by atoms with Gasteiger partial charge in [0.25, 0.3) is 11.6 Å². The Morgan fingerprint density at radius 3 is 2.38 bits per heavy atom. The highest BCUT2D eigenvalue weighted by Crippen LogP contribution is 2.22. The predicted molar refractivity (Wildman–Crippen MR) is 102 cm³/mol. The van der Waals surface area contributed by atoms with E-state index in [-0.39, 0.29) is 28.2 Å². The Hall–Kier alpha value is -2.44. The highest BCUT2D eigenvalue weighted by molar-refractivity contribution is 6.34. The van der Waals surface area contributed by atoms with Crippen LogP contribution in [0.3, 0.4) is 0 Å². The van der Waals surface area contributed by atoms with Crippen molar-refractivity contribution in [3.8, 4) is 0 Å². The van der Waals surface area contributed by atoms with E-state index in [9.17, 15) is 14.9 Å². The van der Waals surface area contributed by atoms with Crippen LogP contribution in [0.25, 0.3) is 0 Å². The molecular weight excluding hydrogens is 354 g/mol. The number of nitro groups is 1. The molecule has 2 N–H and O–H groups in total. The predicted octanol–water partition coefficient (Wildman–Crippen LogP) is 2.43. The van der Waals surface area contributed by atoms with E-state index in [4.69, 9.17) is 11.6 Å². The second-order valence-electron chi connectivity index (χ2n) is 6.36. The zero-order chi connectivity index (χ0) is 19.3. The monoisotopic (exact) mass is 376 g/mol. The van der Waals surface area contributed by atoms with E-state index in [1.165, 1.54) is 28.7 Å². The number of nitro benzene ring substituents is 1. The van der Waals surface area contributed by atoms with Gasteiger partial charge in [-0.05, 0) is 18.1 Å². The maximum atomic E-state index is 12.4. The summed E-state index contributed by atoms with van der Waals surface area (Å²) in [5.74, 6) is -0.346. The molecule has 0 aromatic heterocycles. The quantitative estimate of drug-likeness (QED) is 0.575. The molecule has 0 aliphatic heterocycles. The van der Waals surface area contributed by atoms with Gasteiger partial charge in [0, 0.05) is 17.7 Å². The molecule has 7 heteroatoms. The number of hydrogen-bond acceptors (Lipinski definition) is 3. The number of likely N-dealkylation sites (N-methyl/N-ethyl adjacent to an activating group) is 1. The Morgan fingerprint density at radius 2 is 1.88 bits per heavy atom. The molecule has 0 aliphatic rings. The maximum absolute atomic E-state index is 12.4. The van der Waals surface area contributed by atoms with Crippen molar-refractivity contribution in [3.63, 3.8) is 0 Å². The van der Waals surface area contributed by atoms with Crippen LogP contribution in [0.5, 0.6) is 0 Å². The third-order valence-electron chi connectivity index (χ3n) is 4.36. The van der Waals surface area contributed by atoms with Gasteiger partial charge in [0.2, 0.25) is 0 Å². The Bertz CT molecular complexity index is 791. The lowest BCUT2D eigenvalue weighted by atomic mass is 10.0. The SMILES string of the molecule is CCc1ccc([C@H](CNC(=O)c2ccc([N+](=O)[O-])cc2Cl)[NH+](C)C)cc1. The summed E-state index contributed by atoms with van der Waals surface area (Å²) in [7, 11) is 4.06. The zero-order valence-corrected chi connectivity index (χ0v) is 15.8. The van der Waals surface area contributed by atoms with Crippen molar-refractivity contribution in [1.82, 2.24) is 5.32 Å². The molecule has 0 radical (unpaired) electrons. The van der Waals surface area contributed by atoms with Crippen molar-refractivity contribution in [2.24, 2.45) is 0 Å². The summed E-state index contributed by atoms with van der Waals surface area (Å²) >= 11 is 6.03. The molecule has 1 amide bonds. The number of nitrogens with one attached hydrogen (secondary N) is 2. The number of carbonyl (C=O) groups excluding carboxylic acids is 1. The average Bonchev–Trinajstić information content (AvgIpc) is 2.61. The van der Waals surface area contributed by atoms with Gasteiger partial charge in [0.15, 0.2) is 0 Å². The maximum Gasteiger partial charge on any atom is 0.270 e. The summed E-state index contributed by atoms with van der Waals surface area (Å²) in [6.45, 7) is 2.54. The highest BCUT2D eigenvalue weighted by Gasteiger charge is 2.21. The molecule has 0 unspecified atom stereocenters. The fourth-order valence-electron chi connectivity index (χ4n) is 2.73. The van der Waals surface area contributed by atoms with Crippen LogP contribution in [0.2, 0.25) is 5.02 Å². The number of quaternary nitrogens is 1. The number of nitrogens with zero attached hydrogens (tertiary/aromatic N) is 1. The van der Waals surface area contributed by atoms with Crippen molar-refractivity contribution in [1.29, 1.82) is 0 Å². The fraction of sp³-hybridized carbons (Fsp3) is 0.316. The molecule has 0 saturated heterocycles. The standard InChI is InChI=1S/C19H22ClN3O3/c1-4-13-5-7-14(8-6-13)18(22(2)3)12-21-19(24)16-10-9-15(23(25)26)11-17(16)20/h5-11,18H,4,12H2,1-3H3,(H,21,24)/p+1/t18-/m0/s1. The normalized spacial score (nSPS) is 12.0. The minimum atomic E-state index is -0.543. The summed E-state index contributed by atoms with van der Waals surface area (Å²) in [6.07, 6.45) is 0.981. The van der Waals surface area contributed by atoms with Gasteiger partial charge in [-0.2, -0.15) is 0 Å². The van der Waals surface area contributed by atoms with Crippen LogP contribution in [0.15, 0.2) is 42.5 Å². The number of carbonyl (C=O) groups is 1. The average molecular weight is 377 g/mol. The smallest absolute Gasteiger partial charge is 0.270 e. The van der Waals surface area contributed by atoms with Crippen molar-refractivity contribution in [3.05, 3.63) is 74.3 Å². The lowest BCUT2D eigenvalue weighted by Crippen LogP contribution is -3.07. The van der Waals surface area contributed by atoms with E-state index in [1.54, 1.807) is 0 Å². The highest BCUT2D eigenvalue weighted by atomic mass is 35.5. The van der Waals surface area contributed by atoms with E-state index in [2.05, 4.69) is 36.5 Å². The summed E-state index contributed by atoms with van der Waals surface area (Å²) in [5, 5.41) is 13.7. The van der Waals surface area contributed by atoms with Gasteiger partial charge >= 0.3 is 0 Å². The minimum absolute atomic E-state index is 0.0674. The summed E-state index contributed by atoms with van der Waals surface area (Å²) in [6, 6.07) is 12.3. The third kappa shape index (κ3) is 4.80. The molecule has 26 heavy (non-hydrogen) atoms. The van der Waals surface area contributed by atoms with Crippen molar-refractivity contribution < 1.29 is 14.6 Å². The molecule has 0 fully saturated rings. The first kappa shape index (κ1) is 19.9. The van der Waals surface area contributed by atoms with Crippen molar-refractivity contribution in [2.45, 2.75) is 19.4 Å². The third-order valence-corrected chi connectivity index (χ3v) is 4.67. The van der Waals surface area contributed by atoms with E-state index >= 15 is 0 Å². The summed E-state index contributed by atoms with van der Waals surface area (Å²) < 4.78 is 0. The lowest BCUT2D eigenvalue weighted by molar-refractivity contribution is -0.890. The lowest BCUT2D eigenvalue weighted by Gasteiger charge is -2.22. The van der Waals surface area contributed by atoms with Gasteiger partial charge in [0.05, 0.1) is 36.1 Å². The number of hydrogen-bond donors (Lipinski definition) is 2. The van der Waals surface area contributed by atoms with Crippen LogP contribution in [-0.2, 0) is 6.42 Å². The molecule has 2 aromatic rings. The van der Waals surface area contributed by atoms with Gasteiger partial charge in [0.1, 0.15) is 6.04 Å². The number of rotatable bonds is 7. The van der Waals surface area contributed by atoms with Gasteiger partial charge < -0.3 is 10.2 Å². The van der Waals surface area contributed by atoms with Crippen LogP contribution in [-0.4, -0.2) is 31.5 Å². The second kappa shape index (κ2) is 8.78. The Morgan fingerprint density at radius 1 is 1.23 bits per heavy atom. The van der Waals surface area contributed by atoms with E-state index in [1.807, 2.05) is 14.1 Å². The first-order chi connectivity index (χ1) is 12.3. The molecule has 0 bridgehead atoms. The molecule has 6 nitrogen and oxygen atoms in total.